The van der Waals surface area contributed by atoms with Crippen LogP contribution in [-0.4, -0.2) is 32.3 Å². The Labute approximate surface area is 156 Å². The van der Waals surface area contributed by atoms with Crippen molar-refractivity contribution in [2.24, 2.45) is 0 Å². The van der Waals surface area contributed by atoms with E-state index in [0.29, 0.717) is 24.6 Å². The Kier molecular flexibility index (Phi) is 4.91. The van der Waals surface area contributed by atoms with E-state index in [9.17, 15) is 9.18 Å². The molecule has 0 unspecified atom stereocenters. The van der Waals surface area contributed by atoms with Gasteiger partial charge in [0.15, 0.2) is 0 Å². The van der Waals surface area contributed by atoms with Gasteiger partial charge in [0, 0.05) is 25.4 Å². The first kappa shape index (κ1) is 17.3. The highest BCUT2D eigenvalue weighted by Crippen LogP contribution is 2.31. The molecule has 27 heavy (non-hydrogen) atoms. The lowest BCUT2D eigenvalue weighted by molar-refractivity contribution is 0.0557. The van der Waals surface area contributed by atoms with E-state index in [1.165, 1.54) is 12.1 Å². The topological polar surface area (TPSA) is 72.1 Å². The quantitative estimate of drug-likeness (QED) is 0.706. The first-order valence-corrected chi connectivity index (χ1v) is 8.98. The van der Waals surface area contributed by atoms with Crippen LogP contribution in [0.1, 0.15) is 53.1 Å². The molecule has 2 aromatic heterocycles. The van der Waals surface area contributed by atoms with Gasteiger partial charge in [-0.3, -0.25) is 4.79 Å². The van der Waals surface area contributed by atoms with Crippen molar-refractivity contribution in [2.75, 3.05) is 6.54 Å². The molecule has 1 fully saturated rings. The Morgan fingerprint density at radius 2 is 2.04 bits per heavy atom. The SMILES string of the molecule is O=C(c1ncccn1)N1CCCC[C@H]1c1ncc(Cc2cccc(F)c2)o1. The molecule has 0 saturated carbocycles. The highest BCUT2D eigenvalue weighted by molar-refractivity contribution is 5.90. The first-order chi connectivity index (χ1) is 13.2. The molecule has 1 saturated heterocycles. The van der Waals surface area contributed by atoms with Gasteiger partial charge in [-0.1, -0.05) is 12.1 Å². The predicted octanol–water partition coefficient (Wildman–Crippen LogP) is 3.56. The molecule has 3 aromatic rings. The summed E-state index contributed by atoms with van der Waals surface area (Å²) in [7, 11) is 0. The third-order valence-corrected chi connectivity index (χ3v) is 4.64. The second-order valence-corrected chi connectivity index (χ2v) is 6.55. The molecular formula is C20H19FN4O2. The van der Waals surface area contributed by atoms with Crippen LogP contribution in [0.25, 0.3) is 0 Å². The molecule has 6 nitrogen and oxygen atoms in total. The summed E-state index contributed by atoms with van der Waals surface area (Å²) in [6.45, 7) is 0.614. The summed E-state index contributed by atoms with van der Waals surface area (Å²) in [4.78, 5) is 27.1. The van der Waals surface area contributed by atoms with Crippen molar-refractivity contribution in [1.82, 2.24) is 19.9 Å². The van der Waals surface area contributed by atoms with Crippen LogP contribution in [-0.2, 0) is 6.42 Å². The van der Waals surface area contributed by atoms with Crippen molar-refractivity contribution in [3.05, 3.63) is 77.8 Å². The van der Waals surface area contributed by atoms with Gasteiger partial charge in [-0.05, 0) is 43.0 Å². The van der Waals surface area contributed by atoms with Crippen molar-refractivity contribution < 1.29 is 13.6 Å². The molecule has 0 spiro atoms. The van der Waals surface area contributed by atoms with Crippen molar-refractivity contribution in [2.45, 2.75) is 31.7 Å². The number of aromatic nitrogens is 3. The second-order valence-electron chi connectivity index (χ2n) is 6.55. The molecule has 7 heteroatoms. The fourth-order valence-corrected chi connectivity index (χ4v) is 3.38. The highest BCUT2D eigenvalue weighted by atomic mass is 19.1. The maximum absolute atomic E-state index is 13.4. The van der Waals surface area contributed by atoms with Gasteiger partial charge in [0.1, 0.15) is 17.6 Å². The van der Waals surface area contributed by atoms with Crippen molar-refractivity contribution >= 4 is 5.91 Å². The maximum atomic E-state index is 13.4. The van der Waals surface area contributed by atoms with Gasteiger partial charge in [0.25, 0.3) is 5.91 Å². The molecule has 1 aliphatic rings. The van der Waals surface area contributed by atoms with E-state index in [1.807, 2.05) is 6.07 Å². The normalized spacial score (nSPS) is 17.1. The van der Waals surface area contributed by atoms with Crippen LogP contribution in [0.5, 0.6) is 0 Å². The molecular weight excluding hydrogens is 347 g/mol. The Bertz CT molecular complexity index is 928. The van der Waals surface area contributed by atoms with Crippen LogP contribution < -0.4 is 0 Å². The Balaban J connectivity index is 1.54. The minimum absolute atomic E-state index is 0.177. The summed E-state index contributed by atoms with van der Waals surface area (Å²) in [6.07, 6.45) is 7.91. The van der Waals surface area contributed by atoms with Crippen LogP contribution in [0.15, 0.2) is 53.3 Å². The van der Waals surface area contributed by atoms with Gasteiger partial charge in [0.2, 0.25) is 11.7 Å². The summed E-state index contributed by atoms with van der Waals surface area (Å²) in [6, 6.07) is 7.84. The van der Waals surface area contributed by atoms with Crippen LogP contribution in [0, 0.1) is 5.82 Å². The van der Waals surface area contributed by atoms with Crippen LogP contribution in [0.4, 0.5) is 4.39 Å². The van der Waals surface area contributed by atoms with Crippen LogP contribution >= 0.6 is 0 Å². The lowest BCUT2D eigenvalue weighted by Gasteiger charge is -2.33. The number of carbonyl (C=O) groups is 1. The predicted molar refractivity (Wildman–Crippen MR) is 95.4 cm³/mol. The van der Waals surface area contributed by atoms with Crippen LogP contribution in [0.3, 0.4) is 0 Å². The van der Waals surface area contributed by atoms with E-state index < -0.39 is 0 Å². The summed E-state index contributed by atoms with van der Waals surface area (Å²) in [5.74, 6) is 0.829. The smallest absolute Gasteiger partial charge is 0.292 e. The van der Waals surface area contributed by atoms with Crippen molar-refractivity contribution in [1.29, 1.82) is 0 Å². The number of piperidine rings is 1. The fourth-order valence-electron chi connectivity index (χ4n) is 3.38. The zero-order chi connectivity index (χ0) is 18.6. The standard InChI is InChI=1S/C20H19FN4O2/c21-15-6-3-5-14(11-15)12-16-13-24-19(27-16)17-7-1-2-10-25(17)20(26)18-22-8-4-9-23-18/h3-6,8-9,11,13,17H,1-2,7,10,12H2/t17-/m0/s1. The van der Waals surface area contributed by atoms with Gasteiger partial charge in [-0.25, -0.2) is 19.3 Å². The number of likely N-dealkylation sites (tertiary alicyclic amines) is 1. The monoisotopic (exact) mass is 366 g/mol. The molecule has 0 aliphatic carbocycles. The number of nitrogens with zero attached hydrogens (tertiary/aromatic N) is 4. The Hall–Kier alpha value is -3.09. The lowest BCUT2D eigenvalue weighted by atomic mass is 10.0. The minimum atomic E-state index is -0.279. The number of benzene rings is 1. The van der Waals surface area contributed by atoms with Crippen molar-refractivity contribution in [3.63, 3.8) is 0 Å². The van der Waals surface area contributed by atoms with E-state index >= 15 is 0 Å². The third kappa shape index (κ3) is 3.86. The minimum Gasteiger partial charge on any atom is -0.443 e. The van der Waals surface area contributed by atoms with Gasteiger partial charge < -0.3 is 9.32 Å². The number of amides is 1. The number of oxazole rings is 1. The third-order valence-electron chi connectivity index (χ3n) is 4.64. The maximum Gasteiger partial charge on any atom is 0.292 e. The molecule has 1 amide bonds. The number of hydrogen-bond acceptors (Lipinski definition) is 5. The summed E-state index contributed by atoms with van der Waals surface area (Å²) < 4.78 is 19.3. The molecule has 0 N–H and O–H groups in total. The average molecular weight is 366 g/mol. The number of carbonyl (C=O) groups excluding carboxylic acids is 1. The van der Waals surface area contributed by atoms with Crippen LogP contribution in [0.2, 0.25) is 0 Å². The number of rotatable bonds is 4. The molecule has 0 radical (unpaired) electrons. The Morgan fingerprint density at radius 1 is 1.19 bits per heavy atom. The lowest BCUT2D eigenvalue weighted by Crippen LogP contribution is -2.39. The zero-order valence-corrected chi connectivity index (χ0v) is 14.7. The highest BCUT2D eigenvalue weighted by Gasteiger charge is 2.33. The van der Waals surface area contributed by atoms with E-state index in [2.05, 4.69) is 15.0 Å². The van der Waals surface area contributed by atoms with E-state index in [1.54, 1.807) is 35.6 Å². The van der Waals surface area contributed by atoms with Crippen molar-refractivity contribution in [3.8, 4) is 0 Å². The molecule has 138 valence electrons. The zero-order valence-electron chi connectivity index (χ0n) is 14.7. The molecule has 1 aromatic carbocycles. The largest absolute Gasteiger partial charge is 0.443 e. The molecule has 0 bridgehead atoms. The number of hydrogen-bond donors (Lipinski definition) is 0. The fraction of sp³-hybridized carbons (Fsp3) is 0.300. The molecule has 4 rings (SSSR count). The average Bonchev–Trinajstić information content (AvgIpc) is 3.16. The second kappa shape index (κ2) is 7.65. The summed E-state index contributed by atoms with van der Waals surface area (Å²) in [5, 5.41) is 0. The van der Waals surface area contributed by atoms with Gasteiger partial charge in [-0.15, -0.1) is 0 Å². The molecule has 1 atom stereocenters. The van der Waals surface area contributed by atoms with Gasteiger partial charge in [0.05, 0.1) is 6.20 Å². The number of halogens is 1. The molecule has 3 heterocycles. The van der Waals surface area contributed by atoms with E-state index in [4.69, 9.17) is 4.42 Å². The summed E-state index contributed by atoms with van der Waals surface area (Å²) >= 11 is 0. The summed E-state index contributed by atoms with van der Waals surface area (Å²) in [5.41, 5.74) is 0.812. The van der Waals surface area contributed by atoms with Gasteiger partial charge in [-0.2, -0.15) is 0 Å². The molecule has 1 aliphatic heterocycles. The van der Waals surface area contributed by atoms with E-state index in [-0.39, 0.29) is 23.6 Å². The first-order valence-electron chi connectivity index (χ1n) is 8.98. The van der Waals surface area contributed by atoms with Gasteiger partial charge >= 0.3 is 0 Å². The Morgan fingerprint density at radius 3 is 2.85 bits per heavy atom. The van der Waals surface area contributed by atoms with E-state index in [0.717, 1.165) is 24.8 Å².